The summed E-state index contributed by atoms with van der Waals surface area (Å²) in [6.45, 7) is 3.46. The van der Waals surface area contributed by atoms with Crippen LogP contribution in [0, 0.1) is 0 Å². The van der Waals surface area contributed by atoms with E-state index in [1.165, 1.54) is 12.1 Å². The number of hydrogen-bond donors (Lipinski definition) is 0. The zero-order valence-electron chi connectivity index (χ0n) is 9.96. The molecule has 0 aliphatic rings. The van der Waals surface area contributed by atoms with Crippen LogP contribution >= 0.6 is 0 Å². The van der Waals surface area contributed by atoms with Crippen molar-refractivity contribution in [1.82, 2.24) is 0 Å². The fourth-order valence-corrected chi connectivity index (χ4v) is 1.97. The molecule has 18 heavy (non-hydrogen) atoms. The molecule has 1 aromatic rings. The van der Waals surface area contributed by atoms with Gasteiger partial charge in [-0.3, -0.25) is 0 Å². The van der Waals surface area contributed by atoms with E-state index in [1.54, 1.807) is 13.8 Å². The Labute approximate surface area is 102 Å². The first kappa shape index (κ1) is 14.1. The maximum atomic E-state index is 11.9. The van der Waals surface area contributed by atoms with E-state index in [0.29, 0.717) is 24.0 Å². The first-order chi connectivity index (χ1) is 8.60. The summed E-state index contributed by atoms with van der Waals surface area (Å²) < 4.78 is 23.9. The minimum atomic E-state index is -1.14. The normalized spacial score (nSPS) is 10.0. The van der Waals surface area contributed by atoms with Crippen molar-refractivity contribution in [2.45, 2.75) is 26.7 Å². The number of hydrogen-bond acceptors (Lipinski definition) is 4. The molecule has 1 rings (SSSR count). The standard InChI is InChI=1S/C12H12F2O4/c1-3-7-8(4-2)10(12(16)18-14)6-5-9(7)11(15)17-13/h5-6H,3-4H2,1-2H3. The van der Waals surface area contributed by atoms with Crippen molar-refractivity contribution in [3.63, 3.8) is 0 Å². The number of benzene rings is 1. The second kappa shape index (κ2) is 6.09. The van der Waals surface area contributed by atoms with E-state index < -0.39 is 11.9 Å². The van der Waals surface area contributed by atoms with Crippen LogP contribution in [0.5, 0.6) is 0 Å². The Hall–Kier alpha value is -1.98. The predicted octanol–water partition coefficient (Wildman–Crippen LogP) is 2.89. The lowest BCUT2D eigenvalue weighted by Gasteiger charge is -2.12. The smallest absolute Gasteiger partial charge is 0.249 e. The SMILES string of the molecule is CCc1c(C(=O)OF)ccc(C(=O)OF)c1CC. The van der Waals surface area contributed by atoms with E-state index in [4.69, 9.17) is 0 Å². The zero-order valence-corrected chi connectivity index (χ0v) is 9.96. The van der Waals surface area contributed by atoms with Crippen LogP contribution in [0.25, 0.3) is 0 Å². The van der Waals surface area contributed by atoms with Crippen molar-refractivity contribution in [2.75, 3.05) is 0 Å². The van der Waals surface area contributed by atoms with Gasteiger partial charge >= 0.3 is 11.9 Å². The first-order valence-corrected chi connectivity index (χ1v) is 5.41. The minimum absolute atomic E-state index is 0.0206. The molecule has 0 amide bonds. The van der Waals surface area contributed by atoms with E-state index >= 15 is 0 Å². The minimum Gasteiger partial charge on any atom is -0.249 e. The van der Waals surface area contributed by atoms with Gasteiger partial charge < -0.3 is 0 Å². The Morgan fingerprint density at radius 1 is 0.944 bits per heavy atom. The summed E-state index contributed by atoms with van der Waals surface area (Å²) >= 11 is 0. The Morgan fingerprint density at radius 2 is 1.28 bits per heavy atom. The zero-order chi connectivity index (χ0) is 13.7. The summed E-state index contributed by atoms with van der Waals surface area (Å²) in [6, 6.07) is 2.43. The van der Waals surface area contributed by atoms with Gasteiger partial charge in [0.1, 0.15) is 0 Å². The van der Waals surface area contributed by atoms with Crippen LogP contribution in [-0.2, 0) is 22.7 Å². The Bertz CT molecular complexity index is 428. The summed E-state index contributed by atoms with van der Waals surface area (Å²) in [5.41, 5.74) is 0.936. The average Bonchev–Trinajstić information content (AvgIpc) is 2.43. The molecule has 0 saturated heterocycles. The van der Waals surface area contributed by atoms with Crippen LogP contribution in [0.15, 0.2) is 12.1 Å². The molecule has 0 aliphatic carbocycles. The number of halogens is 2. The molecule has 0 unspecified atom stereocenters. The van der Waals surface area contributed by atoms with Gasteiger partial charge in [-0.05, 0) is 36.1 Å². The van der Waals surface area contributed by atoms with Gasteiger partial charge in [0.2, 0.25) is 0 Å². The third-order valence-electron chi connectivity index (χ3n) is 2.72. The van der Waals surface area contributed by atoms with Gasteiger partial charge in [0.25, 0.3) is 0 Å². The van der Waals surface area contributed by atoms with Gasteiger partial charge in [-0.25, -0.2) is 19.5 Å². The third kappa shape index (κ3) is 2.47. The van der Waals surface area contributed by atoms with Crippen molar-refractivity contribution in [3.8, 4) is 0 Å². The summed E-state index contributed by atoms with van der Waals surface area (Å²) in [7, 11) is 0. The van der Waals surface area contributed by atoms with Gasteiger partial charge in [0.05, 0.1) is 11.1 Å². The van der Waals surface area contributed by atoms with Crippen LogP contribution in [0.1, 0.15) is 45.7 Å². The molecule has 0 fully saturated rings. The lowest BCUT2D eigenvalue weighted by molar-refractivity contribution is -0.0795. The second-order valence-electron chi connectivity index (χ2n) is 3.55. The fourth-order valence-electron chi connectivity index (χ4n) is 1.97. The van der Waals surface area contributed by atoms with Gasteiger partial charge in [-0.15, -0.1) is 0 Å². The van der Waals surface area contributed by atoms with Crippen molar-refractivity contribution in [1.29, 1.82) is 0 Å². The van der Waals surface area contributed by atoms with E-state index in [1.807, 2.05) is 0 Å². The van der Waals surface area contributed by atoms with Gasteiger partial charge in [-0.1, -0.05) is 13.8 Å². The molecule has 0 heterocycles. The summed E-state index contributed by atoms with van der Waals surface area (Å²) in [4.78, 5) is 28.8. The molecule has 0 spiro atoms. The quantitative estimate of drug-likeness (QED) is 0.833. The molecule has 0 atom stereocenters. The highest BCUT2D eigenvalue weighted by Crippen LogP contribution is 2.23. The monoisotopic (exact) mass is 258 g/mol. The summed E-state index contributed by atoms with van der Waals surface area (Å²) in [5.74, 6) is -2.27. The topological polar surface area (TPSA) is 52.6 Å². The maximum absolute atomic E-state index is 11.9. The van der Waals surface area contributed by atoms with Crippen LogP contribution in [-0.4, -0.2) is 11.9 Å². The maximum Gasteiger partial charge on any atom is 0.379 e. The van der Waals surface area contributed by atoms with Gasteiger partial charge in [0, 0.05) is 9.05 Å². The highest BCUT2D eigenvalue weighted by atomic mass is 19.3. The average molecular weight is 258 g/mol. The molecule has 1 aromatic carbocycles. The largest absolute Gasteiger partial charge is 0.379 e. The molecule has 0 saturated carbocycles. The fraction of sp³-hybridized carbons (Fsp3) is 0.333. The summed E-state index contributed by atoms with van der Waals surface area (Å²) in [6.07, 6.45) is 0.752. The van der Waals surface area contributed by atoms with Crippen molar-refractivity contribution in [2.24, 2.45) is 0 Å². The van der Waals surface area contributed by atoms with E-state index in [9.17, 15) is 18.6 Å². The molecule has 0 aromatic heterocycles. The van der Waals surface area contributed by atoms with E-state index in [2.05, 4.69) is 9.88 Å². The highest BCUT2D eigenvalue weighted by Gasteiger charge is 2.21. The highest BCUT2D eigenvalue weighted by molar-refractivity contribution is 5.96. The molecular weight excluding hydrogens is 246 g/mol. The molecule has 0 bridgehead atoms. The molecule has 0 radical (unpaired) electrons. The van der Waals surface area contributed by atoms with Crippen molar-refractivity contribution in [3.05, 3.63) is 34.4 Å². The third-order valence-corrected chi connectivity index (χ3v) is 2.72. The Balaban J connectivity index is 3.45. The Morgan fingerprint density at radius 3 is 1.50 bits per heavy atom. The van der Waals surface area contributed by atoms with Crippen LogP contribution < -0.4 is 0 Å². The van der Waals surface area contributed by atoms with Gasteiger partial charge in [-0.2, -0.15) is 0 Å². The van der Waals surface area contributed by atoms with Crippen LogP contribution in [0.3, 0.4) is 0 Å². The lowest BCUT2D eigenvalue weighted by Crippen LogP contribution is -2.12. The number of rotatable bonds is 4. The molecule has 98 valence electrons. The molecule has 4 nitrogen and oxygen atoms in total. The van der Waals surface area contributed by atoms with Crippen molar-refractivity contribution < 1.29 is 28.5 Å². The second-order valence-corrected chi connectivity index (χ2v) is 3.55. The number of carbonyl (C=O) groups excluding carboxylic acids is 2. The molecule has 6 heteroatoms. The van der Waals surface area contributed by atoms with E-state index in [0.717, 1.165) is 0 Å². The van der Waals surface area contributed by atoms with E-state index in [-0.39, 0.29) is 11.1 Å². The van der Waals surface area contributed by atoms with Crippen LogP contribution in [0.2, 0.25) is 0 Å². The lowest BCUT2D eigenvalue weighted by atomic mass is 9.92. The number of carbonyl (C=O) groups is 2. The van der Waals surface area contributed by atoms with Crippen molar-refractivity contribution >= 4 is 11.9 Å². The molecular formula is C12H12F2O4. The molecule has 0 N–H and O–H groups in total. The molecule has 0 aliphatic heterocycles. The predicted molar refractivity (Wildman–Crippen MR) is 58.2 cm³/mol. The summed E-state index contributed by atoms with van der Waals surface area (Å²) in [5, 5.41) is 0. The first-order valence-electron chi connectivity index (χ1n) is 5.41. The van der Waals surface area contributed by atoms with Gasteiger partial charge in [0.15, 0.2) is 0 Å². The Kier molecular flexibility index (Phi) is 4.76. The van der Waals surface area contributed by atoms with Crippen LogP contribution in [0.4, 0.5) is 9.05 Å².